The first-order valence-electron chi connectivity index (χ1n) is 13.8. The quantitative estimate of drug-likeness (QED) is 0.663. The minimum Gasteiger partial charge on any atom is -0.390 e. The fourth-order valence-corrected chi connectivity index (χ4v) is 9.12. The summed E-state index contributed by atoms with van der Waals surface area (Å²) < 4.78 is 16.6. The smallest absolute Gasteiger partial charge is 0.351 e. The molecule has 8 atom stereocenters. The molecule has 36 heavy (non-hydrogen) atoms. The highest BCUT2D eigenvalue weighted by Gasteiger charge is 2.58. The van der Waals surface area contributed by atoms with Crippen LogP contribution in [0.4, 0.5) is 4.39 Å². The zero-order valence-electron chi connectivity index (χ0n) is 21.4. The molecule has 0 unspecified atom stereocenters. The topological polar surface area (TPSA) is 77.1 Å². The van der Waals surface area contributed by atoms with Gasteiger partial charge >= 0.3 is 5.69 Å². The third-order valence-electron chi connectivity index (χ3n) is 10.8. The molecule has 6 rings (SSSR count). The van der Waals surface area contributed by atoms with Crippen molar-refractivity contribution in [3.05, 3.63) is 46.9 Å². The predicted octanol–water partition coefficient (Wildman–Crippen LogP) is 4.76. The molecule has 0 aliphatic heterocycles. The van der Waals surface area contributed by atoms with E-state index in [0.29, 0.717) is 17.8 Å². The predicted molar refractivity (Wildman–Crippen MR) is 134 cm³/mol. The van der Waals surface area contributed by atoms with Crippen molar-refractivity contribution in [1.82, 2.24) is 14.3 Å². The number of fused-ring (bicyclic) bond motifs is 5. The number of aliphatic hydroxyl groups is 1. The van der Waals surface area contributed by atoms with E-state index in [0.717, 1.165) is 55.0 Å². The maximum atomic E-state index is 14.2. The maximum Gasteiger partial charge on any atom is 0.351 e. The molecule has 7 heteroatoms. The van der Waals surface area contributed by atoms with Crippen molar-refractivity contribution in [3.63, 3.8) is 0 Å². The summed E-state index contributed by atoms with van der Waals surface area (Å²) in [6.45, 7) is 4.33. The van der Waals surface area contributed by atoms with E-state index in [1.165, 1.54) is 42.3 Å². The highest BCUT2D eigenvalue weighted by atomic mass is 19.1. The monoisotopic (exact) mass is 495 g/mol. The Morgan fingerprint density at radius 2 is 1.83 bits per heavy atom. The van der Waals surface area contributed by atoms with Crippen molar-refractivity contribution in [2.45, 2.75) is 83.8 Å². The number of carbonyl (C=O) groups is 1. The van der Waals surface area contributed by atoms with Crippen LogP contribution in [0.3, 0.4) is 0 Å². The number of ketones is 1. The van der Waals surface area contributed by atoms with Crippen LogP contribution in [-0.2, 0) is 11.3 Å². The SMILES string of the molecule is C[C@@]1(O)CC[C@H]2[C@H](CC[C@@H]3[C@@H]2CC[C@]2(C)[C@@H](C(=O)Cn4cnn(-c5ccccc5F)c4=O)CC[C@@H]32)C1. The van der Waals surface area contributed by atoms with Gasteiger partial charge in [-0.05, 0) is 112 Å². The number of aromatic nitrogens is 3. The van der Waals surface area contributed by atoms with Gasteiger partial charge in [0.1, 0.15) is 17.8 Å². The first kappa shape index (κ1) is 24.1. The van der Waals surface area contributed by atoms with Crippen LogP contribution in [0.5, 0.6) is 0 Å². The van der Waals surface area contributed by atoms with E-state index >= 15 is 0 Å². The standard InChI is InChI=1S/C29H38FN3O3/c1-28(36)13-11-19-18(15-28)7-8-21-20(19)12-14-29(2)22(21)9-10-23(29)26(34)16-32-17-31-33(27(32)35)25-6-4-3-5-24(25)30/h3-6,17-23,36H,7-16H2,1-2H3/t18-,19+,20-,21-,22+,23-,28-,29+/m1/s1. The molecule has 1 aromatic carbocycles. The fraction of sp³-hybridized carbons (Fsp3) is 0.690. The zero-order chi connectivity index (χ0) is 25.2. The summed E-state index contributed by atoms with van der Waals surface area (Å²) in [4.78, 5) is 26.5. The molecule has 2 aromatic rings. The average Bonchev–Trinajstić information content (AvgIpc) is 3.38. The van der Waals surface area contributed by atoms with Gasteiger partial charge in [0.15, 0.2) is 5.78 Å². The molecular formula is C29H38FN3O3. The van der Waals surface area contributed by atoms with Gasteiger partial charge in [0.05, 0.1) is 12.1 Å². The summed E-state index contributed by atoms with van der Waals surface area (Å²) in [5.74, 6) is 2.89. The third-order valence-corrected chi connectivity index (χ3v) is 10.8. The van der Waals surface area contributed by atoms with Crippen LogP contribution in [0.25, 0.3) is 5.69 Å². The Bertz CT molecular complexity index is 1220. The minimum atomic E-state index is -0.518. The molecule has 4 aliphatic rings. The molecule has 4 fully saturated rings. The van der Waals surface area contributed by atoms with Crippen LogP contribution in [-0.4, -0.2) is 30.8 Å². The second-order valence-corrected chi connectivity index (χ2v) is 12.7. The van der Waals surface area contributed by atoms with Crippen molar-refractivity contribution < 1.29 is 14.3 Å². The molecule has 0 bridgehead atoms. The summed E-state index contributed by atoms with van der Waals surface area (Å²) in [5, 5.41) is 14.7. The number of hydrogen-bond acceptors (Lipinski definition) is 4. The number of Topliss-reactive ketones (excluding diaryl/α,β-unsaturated/α-hetero) is 1. The molecule has 0 radical (unpaired) electrons. The first-order valence-corrected chi connectivity index (χ1v) is 13.8. The van der Waals surface area contributed by atoms with Gasteiger partial charge in [-0.1, -0.05) is 19.1 Å². The molecule has 0 spiro atoms. The molecular weight excluding hydrogens is 457 g/mol. The van der Waals surface area contributed by atoms with Crippen LogP contribution in [0.15, 0.2) is 35.4 Å². The first-order chi connectivity index (χ1) is 17.2. The van der Waals surface area contributed by atoms with Crippen LogP contribution in [0.2, 0.25) is 0 Å². The molecule has 194 valence electrons. The number of para-hydroxylation sites is 1. The van der Waals surface area contributed by atoms with E-state index in [1.54, 1.807) is 12.1 Å². The highest BCUT2D eigenvalue weighted by Crippen LogP contribution is 2.64. The Morgan fingerprint density at radius 1 is 1.06 bits per heavy atom. The van der Waals surface area contributed by atoms with Crippen molar-refractivity contribution in [2.24, 2.45) is 40.9 Å². The van der Waals surface area contributed by atoms with E-state index in [4.69, 9.17) is 0 Å². The summed E-state index contributed by atoms with van der Waals surface area (Å²) in [7, 11) is 0. The largest absolute Gasteiger partial charge is 0.390 e. The number of halogens is 1. The van der Waals surface area contributed by atoms with Gasteiger partial charge in [-0.15, -0.1) is 0 Å². The van der Waals surface area contributed by atoms with Crippen LogP contribution in [0.1, 0.15) is 71.6 Å². The van der Waals surface area contributed by atoms with Crippen LogP contribution >= 0.6 is 0 Å². The van der Waals surface area contributed by atoms with Crippen molar-refractivity contribution >= 4 is 5.78 Å². The molecule has 1 heterocycles. The van der Waals surface area contributed by atoms with E-state index < -0.39 is 17.1 Å². The van der Waals surface area contributed by atoms with Gasteiger partial charge in [0.2, 0.25) is 0 Å². The van der Waals surface area contributed by atoms with Crippen molar-refractivity contribution in [3.8, 4) is 5.69 Å². The molecule has 0 amide bonds. The maximum absolute atomic E-state index is 14.2. The lowest BCUT2D eigenvalue weighted by Gasteiger charge is -2.56. The molecule has 1 aromatic heterocycles. The van der Waals surface area contributed by atoms with Gasteiger partial charge in [0.25, 0.3) is 0 Å². The summed E-state index contributed by atoms with van der Waals surface area (Å²) in [5.41, 5.74) is -0.903. The Kier molecular flexibility index (Phi) is 5.78. The molecule has 4 aliphatic carbocycles. The van der Waals surface area contributed by atoms with E-state index in [9.17, 15) is 19.1 Å². The number of benzene rings is 1. The van der Waals surface area contributed by atoms with E-state index in [2.05, 4.69) is 12.0 Å². The Labute approximate surface area is 211 Å². The minimum absolute atomic E-state index is 0.00581. The number of carbonyl (C=O) groups excluding carboxylic acids is 1. The average molecular weight is 496 g/mol. The van der Waals surface area contributed by atoms with Gasteiger partial charge in [-0.3, -0.25) is 9.36 Å². The van der Waals surface area contributed by atoms with E-state index in [-0.39, 0.29) is 29.3 Å². The molecule has 1 N–H and O–H groups in total. The highest BCUT2D eigenvalue weighted by molar-refractivity contribution is 5.82. The second-order valence-electron chi connectivity index (χ2n) is 12.7. The Balaban J connectivity index is 1.18. The number of rotatable bonds is 4. The fourth-order valence-electron chi connectivity index (χ4n) is 9.12. The normalized spacial score (nSPS) is 39.8. The second kappa shape index (κ2) is 8.64. The van der Waals surface area contributed by atoms with Gasteiger partial charge < -0.3 is 5.11 Å². The lowest BCUT2D eigenvalue weighted by Crippen LogP contribution is -2.51. The summed E-state index contributed by atoms with van der Waals surface area (Å²) in [6.07, 6.45) is 11.0. The van der Waals surface area contributed by atoms with Gasteiger partial charge in [0, 0.05) is 5.92 Å². The lowest BCUT2D eigenvalue weighted by atomic mass is 9.49. The number of nitrogens with zero attached hydrogens (tertiary/aromatic N) is 3. The molecule has 6 nitrogen and oxygen atoms in total. The summed E-state index contributed by atoms with van der Waals surface area (Å²) in [6, 6.07) is 6.04. The summed E-state index contributed by atoms with van der Waals surface area (Å²) >= 11 is 0. The third kappa shape index (κ3) is 3.80. The number of hydrogen-bond donors (Lipinski definition) is 1. The van der Waals surface area contributed by atoms with Gasteiger partial charge in [-0.25, -0.2) is 9.18 Å². The van der Waals surface area contributed by atoms with Crippen LogP contribution < -0.4 is 5.69 Å². The van der Waals surface area contributed by atoms with E-state index in [1.807, 2.05) is 6.92 Å². The molecule has 0 saturated heterocycles. The van der Waals surface area contributed by atoms with Crippen LogP contribution in [0, 0.1) is 46.7 Å². The lowest BCUT2D eigenvalue weighted by molar-refractivity contribution is -0.133. The Morgan fingerprint density at radius 3 is 2.64 bits per heavy atom. The Hall–Kier alpha value is -2.28. The van der Waals surface area contributed by atoms with Gasteiger partial charge in [-0.2, -0.15) is 9.78 Å². The van der Waals surface area contributed by atoms with Crippen molar-refractivity contribution in [1.29, 1.82) is 0 Å². The molecule has 4 saturated carbocycles. The zero-order valence-corrected chi connectivity index (χ0v) is 21.4. The van der Waals surface area contributed by atoms with Crippen molar-refractivity contribution in [2.75, 3.05) is 0 Å².